The minimum atomic E-state index is -0.922. The number of unbranched alkanes of at least 4 members (excludes halogenated alkanes) is 9. The van der Waals surface area contributed by atoms with Gasteiger partial charge in [0.15, 0.2) is 25.9 Å². The van der Waals surface area contributed by atoms with Gasteiger partial charge in [-0.05, 0) is 20.5 Å². The number of likely N-dealkylation sites (N-methyl/N-ethyl adjacent to an activating group) is 3. The van der Waals surface area contributed by atoms with Crippen LogP contribution in [0.2, 0.25) is 0 Å². The van der Waals surface area contributed by atoms with Gasteiger partial charge in [-0.1, -0.05) is 77.2 Å². The van der Waals surface area contributed by atoms with E-state index in [4.69, 9.17) is 20.4 Å². The quantitative estimate of drug-likeness (QED) is 0.0620. The largest absolute Gasteiger partial charge is 0.480 e. The zero-order valence-corrected chi connectivity index (χ0v) is 33.1. The first-order valence-corrected chi connectivity index (χ1v) is 17.8. The van der Waals surface area contributed by atoms with Gasteiger partial charge >= 0.3 is 23.9 Å². The molecule has 0 aromatic carbocycles. The minimum absolute atomic E-state index is 0.0430. The number of carboxylic acids is 4. The molecule has 5 N–H and O–H groups in total. The van der Waals surface area contributed by atoms with Gasteiger partial charge in [0.1, 0.15) is 12.6 Å². The van der Waals surface area contributed by atoms with Crippen molar-refractivity contribution in [1.82, 2.24) is 4.90 Å². The Kier molecular flexibility index (Phi) is 28.6. The van der Waals surface area contributed by atoms with Crippen LogP contribution in [-0.4, -0.2) is 175 Å². The molecule has 0 aliphatic carbocycles. The van der Waals surface area contributed by atoms with Crippen molar-refractivity contribution in [3.63, 3.8) is 0 Å². The number of aliphatic hydroxyl groups excluding tert-OH is 1. The molecule has 0 amide bonds. The smallest absolute Gasteiger partial charge is 0.359 e. The average Bonchev–Trinajstić information content (AvgIpc) is 3.32. The van der Waals surface area contributed by atoms with Crippen LogP contribution in [0.15, 0.2) is 17.6 Å². The summed E-state index contributed by atoms with van der Waals surface area (Å²) in [6, 6.07) is -0.311. The molecule has 0 aromatic heterocycles. The van der Waals surface area contributed by atoms with Gasteiger partial charge in [-0.2, -0.15) is 0 Å². The van der Waals surface area contributed by atoms with Gasteiger partial charge in [0, 0.05) is 6.92 Å². The van der Waals surface area contributed by atoms with Crippen molar-refractivity contribution in [2.24, 2.45) is 4.99 Å². The number of aliphatic carboxylic acids is 4. The topological polar surface area (TPSA) is 185 Å². The number of nitrogens with zero attached hydrogens (tertiary/aromatic N) is 5. The number of hydrogen-bond acceptors (Lipinski definition) is 7. The molecule has 0 aromatic rings. The Balaban J connectivity index is -0.000000631. The summed E-state index contributed by atoms with van der Waals surface area (Å²) in [6.45, 7) is 8.82. The highest BCUT2D eigenvalue weighted by Gasteiger charge is 2.43. The summed E-state index contributed by atoms with van der Waals surface area (Å²) in [5.41, 5.74) is 0. The van der Waals surface area contributed by atoms with E-state index >= 15 is 0 Å². The highest BCUT2D eigenvalue weighted by atomic mass is 16.4. The Morgan fingerprint density at radius 2 is 1.22 bits per heavy atom. The second kappa shape index (κ2) is 27.8. The second-order valence-corrected chi connectivity index (χ2v) is 15.2. The third-order valence-electron chi connectivity index (χ3n) is 7.73. The van der Waals surface area contributed by atoms with Gasteiger partial charge in [-0.3, -0.25) is 9.69 Å². The molecule has 1 aliphatic heterocycles. The van der Waals surface area contributed by atoms with Crippen LogP contribution in [-0.2, 0) is 19.2 Å². The Morgan fingerprint density at radius 3 is 1.50 bits per heavy atom. The molecule has 3 atom stereocenters. The fourth-order valence-corrected chi connectivity index (χ4v) is 5.19. The van der Waals surface area contributed by atoms with E-state index in [1.807, 2.05) is 56.4 Å². The van der Waals surface area contributed by atoms with Gasteiger partial charge in [0.05, 0.1) is 55.3 Å². The average molecular weight is 721 g/mol. The number of rotatable bonds is 22. The van der Waals surface area contributed by atoms with Crippen LogP contribution in [0.4, 0.5) is 0 Å². The normalized spacial score (nSPS) is 16.7. The van der Waals surface area contributed by atoms with Crippen LogP contribution in [0.5, 0.6) is 0 Å². The van der Waals surface area contributed by atoms with E-state index in [0.717, 1.165) is 12.8 Å². The van der Waals surface area contributed by atoms with E-state index in [1.165, 1.54) is 57.8 Å². The molecule has 1 rings (SSSR count). The lowest BCUT2D eigenvalue weighted by atomic mass is 10.0. The summed E-state index contributed by atoms with van der Waals surface area (Å²) in [5, 5.41) is 44.1. The van der Waals surface area contributed by atoms with Gasteiger partial charge in [0.25, 0.3) is 0 Å². The molecule has 1 aliphatic rings. The molecule has 0 saturated heterocycles. The molecule has 294 valence electrons. The summed E-state index contributed by atoms with van der Waals surface area (Å²) in [4.78, 5) is 47.8. The Hall–Kier alpha value is -2.91. The number of carboxylic acid groups (broad SMARTS) is 4. The Bertz CT molecular complexity index is 979. The lowest BCUT2D eigenvalue weighted by molar-refractivity contribution is -0.877. The van der Waals surface area contributed by atoms with Crippen LogP contribution in [0.25, 0.3) is 0 Å². The predicted octanol–water partition coefficient (Wildman–Crippen LogP) is 4.08. The maximum atomic E-state index is 11.0. The predicted molar refractivity (Wildman–Crippen MR) is 199 cm³/mol. The van der Waals surface area contributed by atoms with Crippen molar-refractivity contribution in [2.45, 2.75) is 103 Å². The number of carbonyl (C=O) groups is 4. The maximum Gasteiger partial charge on any atom is 0.359 e. The van der Waals surface area contributed by atoms with E-state index in [9.17, 15) is 24.3 Å². The van der Waals surface area contributed by atoms with Crippen LogP contribution < -0.4 is 0 Å². The third kappa shape index (κ3) is 30.0. The molecular weight excluding hydrogens is 646 g/mol. The Labute approximate surface area is 302 Å². The van der Waals surface area contributed by atoms with Gasteiger partial charge in [-0.15, -0.1) is 6.58 Å². The van der Waals surface area contributed by atoms with Crippen LogP contribution in [0.3, 0.4) is 0 Å². The molecule has 0 bridgehead atoms. The van der Waals surface area contributed by atoms with Gasteiger partial charge in [-0.25, -0.2) is 23.9 Å². The summed E-state index contributed by atoms with van der Waals surface area (Å²) < 4.78 is 1.01. The van der Waals surface area contributed by atoms with Crippen molar-refractivity contribution in [3.8, 4) is 0 Å². The number of quaternary nitrogens is 3. The zero-order chi connectivity index (χ0) is 39.6. The fraction of sp³-hybridized carbons (Fsp3) is 0.806. The molecule has 14 nitrogen and oxygen atoms in total. The maximum absolute atomic E-state index is 11.0. The second-order valence-electron chi connectivity index (χ2n) is 15.2. The van der Waals surface area contributed by atoms with Crippen molar-refractivity contribution in [1.29, 1.82) is 0 Å². The summed E-state index contributed by atoms with van der Waals surface area (Å²) in [5.74, 6) is -2.41. The lowest BCUT2D eigenvalue weighted by Crippen LogP contribution is -2.59. The van der Waals surface area contributed by atoms with Crippen LogP contribution >= 0.6 is 0 Å². The highest BCUT2D eigenvalue weighted by Crippen LogP contribution is 2.21. The van der Waals surface area contributed by atoms with E-state index in [1.54, 1.807) is 17.9 Å². The molecule has 0 radical (unpaired) electrons. The fourth-order valence-electron chi connectivity index (χ4n) is 5.19. The molecule has 14 heteroatoms. The van der Waals surface area contributed by atoms with E-state index in [0.29, 0.717) is 34.3 Å². The van der Waals surface area contributed by atoms with E-state index in [-0.39, 0.29) is 30.2 Å². The lowest BCUT2D eigenvalue weighted by Gasteiger charge is -2.35. The monoisotopic (exact) mass is 721 g/mol. The SMILES string of the molecule is C=CCC1=NCC[N+]1(CC(=O)O)C(C)O.CCCCCCCCCCCCC(C(=O)O)N(C)C.C[N+](C)(C)CC(=O)O.C[N+](C)(C)CC(=O)O. The number of amidine groups is 1. The van der Waals surface area contributed by atoms with Crippen LogP contribution in [0, 0.1) is 0 Å². The van der Waals surface area contributed by atoms with Crippen molar-refractivity contribution in [2.75, 3.05) is 89.1 Å². The van der Waals surface area contributed by atoms with Crippen molar-refractivity contribution < 1.29 is 58.2 Å². The van der Waals surface area contributed by atoms with E-state index in [2.05, 4.69) is 18.5 Å². The van der Waals surface area contributed by atoms with Gasteiger partial charge in [0.2, 0.25) is 5.84 Å². The van der Waals surface area contributed by atoms with E-state index < -0.39 is 30.1 Å². The highest BCUT2D eigenvalue weighted by molar-refractivity contribution is 5.81. The first kappa shape index (κ1) is 51.5. The number of aliphatic hydroxyl groups is 1. The van der Waals surface area contributed by atoms with Crippen molar-refractivity contribution in [3.05, 3.63) is 12.7 Å². The molecule has 3 unspecified atom stereocenters. The standard InChI is InChI=1S/C16H33NO2.C10H16N2O3.2C5H11NO2/c1-4-5-6-7-8-9-10-11-12-13-14-15(16(18)19)17(2)3;1-3-4-9-11-5-6-12(9,8(2)13)7-10(14)15;2*1-6(2,3)4-5(7)8/h15H,4-14H2,1-3H3,(H,18,19);3,8,13H,1,4-7H2,2H3;2*4H2,1-3H3/p+3. The first-order chi connectivity index (χ1) is 23.0. The van der Waals surface area contributed by atoms with Crippen molar-refractivity contribution >= 4 is 29.7 Å². The number of aliphatic imine (C=N–C) groups is 1. The zero-order valence-electron chi connectivity index (χ0n) is 33.1. The molecular formula is C36H74N5O9+3. The summed E-state index contributed by atoms with van der Waals surface area (Å²) >= 11 is 0. The molecule has 0 fully saturated rings. The molecule has 0 spiro atoms. The van der Waals surface area contributed by atoms with Crippen LogP contribution in [0.1, 0.15) is 90.9 Å². The number of hydrogen-bond donors (Lipinski definition) is 5. The molecule has 1 heterocycles. The summed E-state index contributed by atoms with van der Waals surface area (Å²) in [7, 11) is 14.7. The summed E-state index contributed by atoms with van der Waals surface area (Å²) in [6.07, 6.45) is 15.2. The van der Waals surface area contributed by atoms with Gasteiger partial charge < -0.3 is 34.5 Å². The Morgan fingerprint density at radius 1 is 0.800 bits per heavy atom. The first-order valence-electron chi connectivity index (χ1n) is 17.8. The minimum Gasteiger partial charge on any atom is -0.480 e. The third-order valence-corrected chi connectivity index (χ3v) is 7.73. The molecule has 0 saturated carbocycles. The molecule has 50 heavy (non-hydrogen) atoms.